The number of H-pyrrole nitrogens is 1. The van der Waals surface area contributed by atoms with Gasteiger partial charge in [0, 0.05) is 17.3 Å². The number of nitrogens with zero attached hydrogens (tertiary/aromatic N) is 2. The smallest absolute Gasteiger partial charge is 0.212 e. The highest BCUT2D eigenvalue weighted by atomic mass is 19.1. The van der Waals surface area contributed by atoms with E-state index in [1.807, 2.05) is 25.1 Å². The lowest BCUT2D eigenvalue weighted by atomic mass is 10.1. The predicted octanol–water partition coefficient (Wildman–Crippen LogP) is 5.47. The summed E-state index contributed by atoms with van der Waals surface area (Å²) in [4.78, 5) is 11.3. The molecular weight excluding hydrogens is 353 g/mol. The van der Waals surface area contributed by atoms with Crippen LogP contribution < -0.4 is 4.74 Å². The highest BCUT2D eigenvalue weighted by molar-refractivity contribution is 5.67. The zero-order chi connectivity index (χ0) is 19.5. The Morgan fingerprint density at radius 3 is 2.46 bits per heavy atom. The van der Waals surface area contributed by atoms with Crippen molar-refractivity contribution in [3.8, 4) is 28.4 Å². The number of benzene rings is 2. The largest absolute Gasteiger partial charge is 0.489 e. The van der Waals surface area contributed by atoms with Gasteiger partial charge in [-0.2, -0.15) is 4.39 Å². The second-order valence-electron chi connectivity index (χ2n) is 6.77. The van der Waals surface area contributed by atoms with Crippen LogP contribution in [0, 0.1) is 19.8 Å². The van der Waals surface area contributed by atoms with Gasteiger partial charge in [-0.3, -0.25) is 0 Å². The fraction of sp³-hybridized carbons (Fsp3) is 0.130. The SMILES string of the molecule is Cc1ccc(COc2ccc(-c3cnc(-c4ccc(F)nc4)[nH]3)c(C)c2)cc1. The van der Waals surface area contributed by atoms with Crippen molar-refractivity contribution in [1.29, 1.82) is 0 Å². The van der Waals surface area contributed by atoms with Crippen LogP contribution in [0.4, 0.5) is 4.39 Å². The van der Waals surface area contributed by atoms with Gasteiger partial charge < -0.3 is 9.72 Å². The van der Waals surface area contributed by atoms with Crippen LogP contribution in [0.25, 0.3) is 22.6 Å². The maximum atomic E-state index is 13.0. The molecular formula is C23H20FN3O. The molecule has 4 aromatic rings. The first-order chi connectivity index (χ1) is 13.6. The Balaban J connectivity index is 1.50. The summed E-state index contributed by atoms with van der Waals surface area (Å²) < 4.78 is 18.9. The van der Waals surface area contributed by atoms with Crippen molar-refractivity contribution < 1.29 is 9.13 Å². The van der Waals surface area contributed by atoms with E-state index >= 15 is 0 Å². The summed E-state index contributed by atoms with van der Waals surface area (Å²) in [5.41, 5.74) is 6.12. The molecule has 28 heavy (non-hydrogen) atoms. The van der Waals surface area contributed by atoms with Gasteiger partial charge in [-0.25, -0.2) is 9.97 Å². The number of nitrogens with one attached hydrogen (secondary N) is 1. The number of hydrogen-bond donors (Lipinski definition) is 1. The molecule has 1 N–H and O–H groups in total. The van der Waals surface area contributed by atoms with E-state index in [1.165, 1.54) is 17.8 Å². The highest BCUT2D eigenvalue weighted by Gasteiger charge is 2.09. The van der Waals surface area contributed by atoms with Crippen molar-refractivity contribution >= 4 is 0 Å². The van der Waals surface area contributed by atoms with Gasteiger partial charge in [0.05, 0.1) is 11.9 Å². The van der Waals surface area contributed by atoms with Crippen molar-refractivity contribution in [2.24, 2.45) is 0 Å². The van der Waals surface area contributed by atoms with Crippen LogP contribution in [0.15, 0.2) is 67.0 Å². The van der Waals surface area contributed by atoms with E-state index in [0.717, 1.165) is 33.7 Å². The molecule has 4 nitrogen and oxygen atoms in total. The summed E-state index contributed by atoms with van der Waals surface area (Å²) >= 11 is 0. The highest BCUT2D eigenvalue weighted by Crippen LogP contribution is 2.28. The fourth-order valence-electron chi connectivity index (χ4n) is 3.00. The lowest BCUT2D eigenvalue weighted by Gasteiger charge is -2.10. The third-order valence-corrected chi connectivity index (χ3v) is 4.59. The number of aryl methyl sites for hydroxylation is 2. The first-order valence-electron chi connectivity index (χ1n) is 9.05. The third kappa shape index (κ3) is 3.93. The van der Waals surface area contributed by atoms with Crippen molar-refractivity contribution in [2.75, 3.05) is 0 Å². The number of halogens is 1. The summed E-state index contributed by atoms with van der Waals surface area (Å²) in [5, 5.41) is 0. The minimum absolute atomic E-state index is 0.507. The van der Waals surface area contributed by atoms with Crippen LogP contribution in [-0.2, 0) is 6.61 Å². The van der Waals surface area contributed by atoms with Crippen LogP contribution in [0.2, 0.25) is 0 Å². The average molecular weight is 373 g/mol. The molecule has 4 rings (SSSR count). The summed E-state index contributed by atoms with van der Waals surface area (Å²) in [5.74, 6) is 0.971. The predicted molar refractivity (Wildman–Crippen MR) is 107 cm³/mol. The van der Waals surface area contributed by atoms with E-state index in [-0.39, 0.29) is 0 Å². The molecule has 0 radical (unpaired) electrons. The van der Waals surface area contributed by atoms with Crippen molar-refractivity contribution in [3.05, 3.63) is 89.6 Å². The molecule has 0 aliphatic rings. The maximum Gasteiger partial charge on any atom is 0.212 e. The molecule has 0 fully saturated rings. The van der Waals surface area contributed by atoms with E-state index in [2.05, 4.69) is 46.1 Å². The number of pyridine rings is 1. The Labute approximate surface area is 163 Å². The fourth-order valence-corrected chi connectivity index (χ4v) is 3.00. The molecule has 0 saturated heterocycles. The minimum atomic E-state index is -0.507. The van der Waals surface area contributed by atoms with Gasteiger partial charge in [0.15, 0.2) is 0 Å². The zero-order valence-electron chi connectivity index (χ0n) is 15.7. The van der Waals surface area contributed by atoms with Crippen LogP contribution >= 0.6 is 0 Å². The summed E-state index contributed by atoms with van der Waals surface area (Å²) in [6.45, 7) is 4.64. The Hall–Kier alpha value is -3.47. The average Bonchev–Trinajstić information content (AvgIpc) is 3.18. The third-order valence-electron chi connectivity index (χ3n) is 4.59. The second-order valence-corrected chi connectivity index (χ2v) is 6.77. The van der Waals surface area contributed by atoms with Crippen molar-refractivity contribution in [2.45, 2.75) is 20.5 Å². The molecule has 0 saturated carbocycles. The van der Waals surface area contributed by atoms with Gasteiger partial charge in [-0.15, -0.1) is 0 Å². The van der Waals surface area contributed by atoms with Gasteiger partial charge in [0.25, 0.3) is 0 Å². The van der Waals surface area contributed by atoms with Crippen LogP contribution in [0.3, 0.4) is 0 Å². The molecule has 0 aliphatic heterocycles. The number of rotatable bonds is 5. The molecule has 2 aromatic carbocycles. The van der Waals surface area contributed by atoms with Crippen LogP contribution in [-0.4, -0.2) is 15.0 Å². The van der Waals surface area contributed by atoms with Gasteiger partial charge in [-0.05, 0) is 55.3 Å². The summed E-state index contributed by atoms with van der Waals surface area (Å²) in [6, 6.07) is 17.3. The maximum absolute atomic E-state index is 13.0. The van der Waals surface area contributed by atoms with Gasteiger partial charge in [0.1, 0.15) is 18.2 Å². The first-order valence-corrected chi connectivity index (χ1v) is 9.05. The molecule has 0 aliphatic carbocycles. The molecule has 2 heterocycles. The standard InChI is InChI=1S/C23H20FN3O/c1-15-3-5-17(6-4-15)14-28-19-8-9-20(16(2)11-19)21-13-26-23(27-21)18-7-10-22(24)25-12-18/h3-13H,14H2,1-2H3,(H,26,27). The zero-order valence-corrected chi connectivity index (χ0v) is 15.7. The Morgan fingerprint density at radius 2 is 1.75 bits per heavy atom. The first kappa shape index (κ1) is 17.9. The lowest BCUT2D eigenvalue weighted by molar-refractivity contribution is 0.306. The van der Waals surface area contributed by atoms with E-state index in [4.69, 9.17) is 4.74 Å². The van der Waals surface area contributed by atoms with Gasteiger partial charge in [-0.1, -0.05) is 29.8 Å². The minimum Gasteiger partial charge on any atom is -0.489 e. The number of aromatic nitrogens is 3. The number of aromatic amines is 1. The monoisotopic (exact) mass is 373 g/mol. The molecule has 140 valence electrons. The quantitative estimate of drug-likeness (QED) is 0.472. The number of hydrogen-bond acceptors (Lipinski definition) is 3. The number of imidazole rings is 1. The molecule has 0 bridgehead atoms. The summed E-state index contributed by atoms with van der Waals surface area (Å²) in [6.07, 6.45) is 3.24. The van der Waals surface area contributed by atoms with Crippen LogP contribution in [0.1, 0.15) is 16.7 Å². The van der Waals surface area contributed by atoms with Gasteiger partial charge >= 0.3 is 0 Å². The topological polar surface area (TPSA) is 50.8 Å². The molecule has 0 spiro atoms. The normalized spacial score (nSPS) is 10.8. The van der Waals surface area contributed by atoms with Crippen molar-refractivity contribution in [3.63, 3.8) is 0 Å². The van der Waals surface area contributed by atoms with Crippen LogP contribution in [0.5, 0.6) is 5.75 Å². The van der Waals surface area contributed by atoms with E-state index in [1.54, 1.807) is 12.3 Å². The molecule has 0 unspecified atom stereocenters. The summed E-state index contributed by atoms with van der Waals surface area (Å²) in [7, 11) is 0. The van der Waals surface area contributed by atoms with Crippen molar-refractivity contribution in [1.82, 2.24) is 15.0 Å². The van der Waals surface area contributed by atoms with Gasteiger partial charge in [0.2, 0.25) is 5.95 Å². The molecule has 5 heteroatoms. The molecule has 2 aromatic heterocycles. The number of ether oxygens (including phenoxy) is 1. The van der Waals surface area contributed by atoms with E-state index in [0.29, 0.717) is 12.4 Å². The molecule has 0 atom stereocenters. The van der Waals surface area contributed by atoms with E-state index in [9.17, 15) is 4.39 Å². The second kappa shape index (κ2) is 7.64. The Kier molecular flexibility index (Phi) is 4.89. The van der Waals surface area contributed by atoms with E-state index < -0.39 is 5.95 Å². The Bertz CT molecular complexity index is 1090. The molecule has 0 amide bonds. The Morgan fingerprint density at radius 1 is 0.929 bits per heavy atom. The lowest BCUT2D eigenvalue weighted by Crippen LogP contribution is -1.96.